The maximum Gasteiger partial charge on any atom is 0.204 e. The van der Waals surface area contributed by atoms with Crippen LogP contribution in [0.3, 0.4) is 0 Å². The number of rotatable bonds is 0. The quantitative estimate of drug-likeness (QED) is 0.689. The molecule has 2 rings (SSSR count). The minimum atomic E-state index is -1.95. The highest BCUT2D eigenvalue weighted by Crippen LogP contribution is 2.57. The van der Waals surface area contributed by atoms with E-state index in [1.165, 1.54) is 0 Å². The number of aliphatic hydroxyl groups excluding tert-OH is 1. The topological polar surface area (TPSA) is 38.7 Å². The van der Waals surface area contributed by atoms with Crippen molar-refractivity contribution in [1.82, 2.24) is 0 Å². The third kappa shape index (κ3) is 2.07. The summed E-state index contributed by atoms with van der Waals surface area (Å²) in [6.07, 6.45) is 0.628. The van der Waals surface area contributed by atoms with Crippen LogP contribution in [0.2, 0.25) is 16.1 Å². The molecule has 4 heteroatoms. The van der Waals surface area contributed by atoms with Crippen molar-refractivity contribution in [2.75, 3.05) is 6.61 Å². The van der Waals surface area contributed by atoms with E-state index in [2.05, 4.69) is 41.5 Å². The van der Waals surface area contributed by atoms with Crippen LogP contribution in [-0.4, -0.2) is 38.3 Å². The van der Waals surface area contributed by atoms with Gasteiger partial charge in [-0.1, -0.05) is 41.5 Å². The predicted octanol–water partition coefficient (Wildman–Crippen LogP) is 3.08. The van der Waals surface area contributed by atoms with E-state index in [9.17, 15) is 5.11 Å². The molecule has 3 atom stereocenters. The van der Waals surface area contributed by atoms with Gasteiger partial charge >= 0.3 is 0 Å². The molecule has 18 heavy (non-hydrogen) atoms. The Balaban J connectivity index is 2.33. The smallest absolute Gasteiger partial charge is 0.204 e. The van der Waals surface area contributed by atoms with Crippen molar-refractivity contribution in [1.29, 1.82) is 0 Å². The molecule has 0 amide bonds. The van der Waals surface area contributed by atoms with Crippen molar-refractivity contribution in [3.63, 3.8) is 0 Å². The Hall–Kier alpha value is 0.0969. The summed E-state index contributed by atoms with van der Waals surface area (Å²) >= 11 is 0. The average Bonchev–Trinajstić information content (AvgIpc) is 2.56. The van der Waals surface area contributed by atoms with Gasteiger partial charge in [0.2, 0.25) is 8.32 Å². The molecule has 0 radical (unpaired) electrons. The lowest BCUT2D eigenvalue weighted by Gasteiger charge is -2.55. The highest BCUT2D eigenvalue weighted by molar-refractivity contribution is 6.79. The van der Waals surface area contributed by atoms with Crippen LogP contribution in [0, 0.1) is 0 Å². The van der Waals surface area contributed by atoms with E-state index in [0.717, 1.165) is 12.5 Å². The van der Waals surface area contributed by atoms with Gasteiger partial charge in [0.25, 0.3) is 0 Å². The van der Waals surface area contributed by atoms with Crippen molar-refractivity contribution < 1.29 is 14.3 Å². The van der Waals surface area contributed by atoms with E-state index in [0.29, 0.717) is 6.61 Å². The molecule has 1 N–H and O–H groups in total. The molecule has 2 aliphatic rings. The highest BCUT2D eigenvalue weighted by Gasteiger charge is 2.60. The summed E-state index contributed by atoms with van der Waals surface area (Å²) in [6.45, 7) is 14.2. The molecule has 106 valence electrons. The lowest BCUT2D eigenvalue weighted by molar-refractivity contribution is 0.00627. The molecule has 3 nitrogen and oxygen atoms in total. The van der Waals surface area contributed by atoms with Gasteiger partial charge in [0.15, 0.2) is 0 Å². The summed E-state index contributed by atoms with van der Waals surface area (Å²) in [6, 6.07) is 1.13. The fraction of sp³-hybridized carbons (Fsp3) is 1.00. The van der Waals surface area contributed by atoms with Crippen LogP contribution in [0.1, 0.15) is 48.0 Å². The molecule has 2 saturated heterocycles. The second kappa shape index (κ2) is 4.30. The molecule has 0 aromatic rings. The first-order chi connectivity index (χ1) is 8.08. The maximum atomic E-state index is 10.1. The summed E-state index contributed by atoms with van der Waals surface area (Å²) in [4.78, 5) is 0. The largest absolute Gasteiger partial charge is 0.407 e. The Bertz CT molecular complexity index is 302. The third-order valence-electron chi connectivity index (χ3n) is 4.77. The van der Waals surface area contributed by atoms with Gasteiger partial charge < -0.3 is 14.3 Å². The summed E-state index contributed by atoms with van der Waals surface area (Å²) in [5, 5.41) is 10.4. The molecule has 0 aromatic carbocycles. The van der Waals surface area contributed by atoms with E-state index < -0.39 is 14.4 Å². The minimum Gasteiger partial charge on any atom is -0.407 e. The second-order valence-corrected chi connectivity index (χ2v) is 13.3. The predicted molar refractivity (Wildman–Crippen MR) is 75.2 cm³/mol. The Morgan fingerprint density at radius 2 is 1.61 bits per heavy atom. The number of aliphatic hydroxyl groups is 1. The summed E-state index contributed by atoms with van der Waals surface area (Å²) in [5.74, 6) is 0. The second-order valence-electron chi connectivity index (χ2n) is 7.89. The Labute approximate surface area is 112 Å². The fourth-order valence-corrected chi connectivity index (χ4v) is 9.97. The first-order valence-electron chi connectivity index (χ1n) is 7.06. The van der Waals surface area contributed by atoms with E-state index in [1.807, 2.05) is 0 Å². The molecule has 0 aromatic heterocycles. The summed E-state index contributed by atoms with van der Waals surface area (Å²) in [7, 11) is -1.95. The molecular weight excluding hydrogens is 244 g/mol. The van der Waals surface area contributed by atoms with E-state index in [-0.39, 0.29) is 22.3 Å². The molecule has 0 aliphatic carbocycles. The monoisotopic (exact) mass is 272 g/mol. The molecule has 2 fully saturated rings. The van der Waals surface area contributed by atoms with E-state index in [1.54, 1.807) is 0 Å². The third-order valence-corrected chi connectivity index (χ3v) is 11.3. The zero-order valence-corrected chi connectivity index (χ0v) is 13.6. The van der Waals surface area contributed by atoms with Crippen molar-refractivity contribution in [3.8, 4) is 0 Å². The van der Waals surface area contributed by atoms with E-state index in [4.69, 9.17) is 9.16 Å². The molecule has 2 heterocycles. The molecule has 0 saturated carbocycles. The molecule has 0 unspecified atom stereocenters. The summed E-state index contributed by atoms with van der Waals surface area (Å²) < 4.78 is 12.2. The summed E-state index contributed by atoms with van der Waals surface area (Å²) in [5.41, 5.74) is 0. The minimum absolute atomic E-state index is 0.0936. The van der Waals surface area contributed by atoms with Crippen molar-refractivity contribution in [3.05, 3.63) is 0 Å². The van der Waals surface area contributed by atoms with Gasteiger partial charge in [0.05, 0.1) is 18.8 Å². The number of hydrogen-bond donors (Lipinski definition) is 1. The number of fused-ring (bicyclic) bond motifs is 1. The van der Waals surface area contributed by atoms with Gasteiger partial charge in [-0.2, -0.15) is 0 Å². The van der Waals surface area contributed by atoms with Crippen LogP contribution in [0.25, 0.3) is 0 Å². The number of hydrogen-bond acceptors (Lipinski definition) is 3. The molecular formula is C14H28O3Si. The zero-order chi connectivity index (χ0) is 13.8. The van der Waals surface area contributed by atoms with E-state index >= 15 is 0 Å². The number of ether oxygens (including phenoxy) is 1. The van der Waals surface area contributed by atoms with Crippen molar-refractivity contribution >= 4 is 8.32 Å². The SMILES string of the molecule is CC(C)(C)[Si]1(C(C)(C)C)CC[C@H]2OC[C@H](O)[C@@H]2O1. The standard InChI is InChI=1S/C14H28O3Si/c1-13(2,3)18(14(4,5)6)8-7-11-12(17-18)10(15)9-16-11/h10-12,15H,7-9H2,1-6H3/t10-,11+,12-/m0/s1. The lowest BCUT2D eigenvalue weighted by Crippen LogP contribution is -2.61. The first kappa shape index (κ1) is 14.5. The highest BCUT2D eigenvalue weighted by atomic mass is 28.4. The van der Waals surface area contributed by atoms with Crippen LogP contribution in [-0.2, 0) is 9.16 Å². The van der Waals surface area contributed by atoms with Crippen LogP contribution < -0.4 is 0 Å². The average molecular weight is 272 g/mol. The zero-order valence-electron chi connectivity index (χ0n) is 12.6. The van der Waals surface area contributed by atoms with Crippen LogP contribution >= 0.6 is 0 Å². The first-order valence-corrected chi connectivity index (χ1v) is 9.17. The van der Waals surface area contributed by atoms with Gasteiger partial charge in [-0.15, -0.1) is 0 Å². The Morgan fingerprint density at radius 3 is 2.11 bits per heavy atom. The molecule has 2 aliphatic heterocycles. The molecule has 0 bridgehead atoms. The van der Waals surface area contributed by atoms with Crippen molar-refractivity contribution in [2.45, 2.75) is 82.4 Å². The fourth-order valence-electron chi connectivity index (χ4n) is 3.93. The Kier molecular flexibility index (Phi) is 3.47. The van der Waals surface area contributed by atoms with Gasteiger partial charge in [0, 0.05) is 0 Å². The van der Waals surface area contributed by atoms with Gasteiger partial charge in [-0.25, -0.2) is 0 Å². The van der Waals surface area contributed by atoms with Crippen LogP contribution in [0.15, 0.2) is 0 Å². The normalized spacial score (nSPS) is 36.5. The van der Waals surface area contributed by atoms with Gasteiger partial charge in [0.1, 0.15) is 6.10 Å². The Morgan fingerprint density at radius 1 is 1.06 bits per heavy atom. The van der Waals surface area contributed by atoms with Gasteiger partial charge in [-0.3, -0.25) is 0 Å². The molecule has 0 spiro atoms. The van der Waals surface area contributed by atoms with Crippen molar-refractivity contribution in [2.24, 2.45) is 0 Å². The van der Waals surface area contributed by atoms with Crippen LogP contribution in [0.5, 0.6) is 0 Å². The van der Waals surface area contributed by atoms with Crippen LogP contribution in [0.4, 0.5) is 0 Å². The van der Waals surface area contributed by atoms with Gasteiger partial charge in [-0.05, 0) is 22.5 Å². The lowest BCUT2D eigenvalue weighted by atomic mass is 10.1. The maximum absolute atomic E-state index is 10.1.